The molecule has 3 N–H and O–H groups in total. The van der Waals surface area contributed by atoms with E-state index in [0.29, 0.717) is 4.77 Å². The van der Waals surface area contributed by atoms with E-state index >= 15 is 0 Å². The van der Waals surface area contributed by atoms with E-state index in [1.54, 1.807) is 11.8 Å². The quantitative estimate of drug-likeness (QED) is 0.646. The van der Waals surface area contributed by atoms with Crippen molar-refractivity contribution in [1.82, 2.24) is 14.9 Å². The van der Waals surface area contributed by atoms with Crippen molar-refractivity contribution in [2.24, 2.45) is 0 Å². The maximum atomic E-state index is 5.69. The second-order valence-electron chi connectivity index (χ2n) is 3.29. The fourth-order valence-corrected chi connectivity index (χ4v) is 2.34. The van der Waals surface area contributed by atoms with Crippen molar-refractivity contribution in [2.75, 3.05) is 5.84 Å². The van der Waals surface area contributed by atoms with E-state index in [1.807, 2.05) is 18.2 Å². The van der Waals surface area contributed by atoms with E-state index < -0.39 is 0 Å². The lowest BCUT2D eigenvalue weighted by atomic mass is 10.2. The van der Waals surface area contributed by atoms with Crippen LogP contribution in [0.1, 0.15) is 11.4 Å². The van der Waals surface area contributed by atoms with Crippen molar-refractivity contribution in [3.8, 4) is 0 Å². The summed E-state index contributed by atoms with van der Waals surface area (Å²) in [4.78, 5) is 0. The SMILES string of the molecule is Nn1c(CSCc2ccccc2)n[nH]c1=S. The average Bonchev–Trinajstić information content (AvgIpc) is 2.62. The molecule has 84 valence electrons. The smallest absolute Gasteiger partial charge is 0.214 e. The topological polar surface area (TPSA) is 59.6 Å². The van der Waals surface area contributed by atoms with Crippen LogP contribution >= 0.6 is 24.0 Å². The van der Waals surface area contributed by atoms with E-state index in [0.717, 1.165) is 17.3 Å². The van der Waals surface area contributed by atoms with Crippen molar-refractivity contribution in [2.45, 2.75) is 11.5 Å². The molecule has 0 unspecified atom stereocenters. The van der Waals surface area contributed by atoms with Gasteiger partial charge in [-0.05, 0) is 17.8 Å². The summed E-state index contributed by atoms with van der Waals surface area (Å²) in [6.45, 7) is 0. The highest BCUT2D eigenvalue weighted by molar-refractivity contribution is 7.97. The van der Waals surface area contributed by atoms with Crippen molar-refractivity contribution >= 4 is 24.0 Å². The molecule has 0 aliphatic heterocycles. The summed E-state index contributed by atoms with van der Waals surface area (Å²) in [6.07, 6.45) is 0. The largest absolute Gasteiger partial charge is 0.335 e. The number of H-pyrrole nitrogens is 1. The van der Waals surface area contributed by atoms with Crippen LogP contribution in [0, 0.1) is 4.77 Å². The molecular weight excluding hydrogens is 240 g/mol. The van der Waals surface area contributed by atoms with Crippen LogP contribution in [0.3, 0.4) is 0 Å². The Morgan fingerprint density at radius 1 is 1.31 bits per heavy atom. The zero-order chi connectivity index (χ0) is 11.4. The molecule has 16 heavy (non-hydrogen) atoms. The number of nitrogen functional groups attached to an aromatic ring is 1. The number of rotatable bonds is 4. The third-order valence-corrected chi connectivity index (χ3v) is 3.41. The molecule has 1 aromatic heterocycles. The van der Waals surface area contributed by atoms with E-state index in [9.17, 15) is 0 Å². The molecule has 0 aliphatic rings. The van der Waals surface area contributed by atoms with Crippen molar-refractivity contribution in [3.63, 3.8) is 0 Å². The molecule has 0 spiro atoms. The summed E-state index contributed by atoms with van der Waals surface area (Å²) in [5.74, 6) is 8.15. The van der Waals surface area contributed by atoms with Gasteiger partial charge in [0.1, 0.15) is 0 Å². The maximum absolute atomic E-state index is 5.69. The lowest BCUT2D eigenvalue weighted by Gasteiger charge is -2.01. The van der Waals surface area contributed by atoms with Gasteiger partial charge in [0.25, 0.3) is 0 Å². The van der Waals surface area contributed by atoms with Crippen LogP contribution in [0.2, 0.25) is 0 Å². The van der Waals surface area contributed by atoms with Crippen molar-refractivity contribution < 1.29 is 0 Å². The minimum atomic E-state index is 0.454. The number of benzene rings is 1. The summed E-state index contributed by atoms with van der Waals surface area (Å²) in [5.41, 5.74) is 1.30. The summed E-state index contributed by atoms with van der Waals surface area (Å²) >= 11 is 6.69. The molecule has 0 radical (unpaired) electrons. The van der Waals surface area contributed by atoms with Crippen LogP contribution in [-0.4, -0.2) is 14.9 Å². The van der Waals surface area contributed by atoms with E-state index in [2.05, 4.69) is 22.3 Å². The van der Waals surface area contributed by atoms with Gasteiger partial charge in [0.2, 0.25) is 4.77 Å². The Morgan fingerprint density at radius 3 is 2.69 bits per heavy atom. The molecule has 6 heteroatoms. The molecule has 4 nitrogen and oxygen atoms in total. The Kier molecular flexibility index (Phi) is 3.63. The van der Waals surface area contributed by atoms with Gasteiger partial charge in [-0.25, -0.2) is 4.68 Å². The van der Waals surface area contributed by atoms with Crippen LogP contribution in [0.5, 0.6) is 0 Å². The molecule has 2 aromatic rings. The third-order valence-electron chi connectivity index (χ3n) is 2.12. The first-order chi connectivity index (χ1) is 7.77. The lowest BCUT2D eigenvalue weighted by molar-refractivity contribution is 0.905. The summed E-state index contributed by atoms with van der Waals surface area (Å²) < 4.78 is 1.86. The molecule has 0 atom stereocenters. The number of nitrogens with two attached hydrogens (primary N) is 1. The Hall–Kier alpha value is -1.27. The number of nitrogens with one attached hydrogen (secondary N) is 1. The van der Waals surface area contributed by atoms with Gasteiger partial charge in [-0.3, -0.25) is 5.10 Å². The third kappa shape index (κ3) is 2.65. The first-order valence-corrected chi connectivity index (χ1v) is 6.36. The minimum Gasteiger partial charge on any atom is -0.335 e. The molecule has 1 heterocycles. The highest BCUT2D eigenvalue weighted by Crippen LogP contribution is 2.15. The standard InChI is InChI=1S/C10H12N4S2/c11-14-9(12-13-10(14)15)7-16-6-8-4-2-1-3-5-8/h1-5H,6-7,11H2,(H,13,15). The predicted octanol–water partition coefficient (Wildman–Crippen LogP) is 2.09. The van der Waals surface area contributed by atoms with Gasteiger partial charge in [-0.15, -0.1) is 11.8 Å². The van der Waals surface area contributed by atoms with Gasteiger partial charge < -0.3 is 5.84 Å². The lowest BCUT2D eigenvalue weighted by Crippen LogP contribution is -2.11. The highest BCUT2D eigenvalue weighted by Gasteiger charge is 2.02. The van der Waals surface area contributed by atoms with Crippen molar-refractivity contribution in [3.05, 3.63) is 46.5 Å². The molecule has 0 saturated carbocycles. The predicted molar refractivity (Wildman–Crippen MR) is 69.0 cm³/mol. The number of hydrogen-bond donors (Lipinski definition) is 2. The zero-order valence-corrected chi connectivity index (χ0v) is 10.2. The zero-order valence-electron chi connectivity index (χ0n) is 8.59. The number of thioether (sulfide) groups is 1. The van der Waals surface area contributed by atoms with Crippen molar-refractivity contribution in [1.29, 1.82) is 0 Å². The summed E-state index contributed by atoms with van der Waals surface area (Å²) in [7, 11) is 0. The first-order valence-electron chi connectivity index (χ1n) is 4.80. The van der Waals surface area contributed by atoms with Gasteiger partial charge in [0, 0.05) is 5.75 Å². The van der Waals surface area contributed by atoms with Gasteiger partial charge >= 0.3 is 0 Å². The normalized spacial score (nSPS) is 10.5. The molecule has 2 rings (SSSR count). The Balaban J connectivity index is 1.89. The average molecular weight is 252 g/mol. The maximum Gasteiger partial charge on any atom is 0.214 e. The number of aromatic amines is 1. The van der Waals surface area contributed by atoms with Crippen LogP contribution in [-0.2, 0) is 11.5 Å². The molecule has 1 aromatic carbocycles. The molecule has 0 saturated heterocycles. The Morgan fingerprint density at radius 2 is 2.06 bits per heavy atom. The Bertz CT molecular complexity index is 503. The fraction of sp³-hybridized carbons (Fsp3) is 0.200. The molecule has 0 fully saturated rings. The number of hydrogen-bond acceptors (Lipinski definition) is 4. The molecular formula is C10H12N4S2. The Labute approximate surface area is 103 Å². The van der Waals surface area contributed by atoms with E-state index in [1.165, 1.54) is 10.2 Å². The molecule has 0 aliphatic carbocycles. The monoisotopic (exact) mass is 252 g/mol. The first kappa shape index (κ1) is 11.2. The van der Waals surface area contributed by atoms with Gasteiger partial charge in [-0.2, -0.15) is 5.10 Å². The van der Waals surface area contributed by atoms with E-state index in [-0.39, 0.29) is 0 Å². The molecule has 0 bridgehead atoms. The summed E-state index contributed by atoms with van der Waals surface area (Å²) in [5, 5.41) is 6.71. The summed E-state index contributed by atoms with van der Waals surface area (Å²) in [6, 6.07) is 10.3. The molecule has 0 amide bonds. The van der Waals surface area contributed by atoms with Gasteiger partial charge in [-0.1, -0.05) is 30.3 Å². The van der Waals surface area contributed by atoms with E-state index in [4.69, 9.17) is 18.1 Å². The van der Waals surface area contributed by atoms with Gasteiger partial charge in [0.05, 0.1) is 5.75 Å². The van der Waals surface area contributed by atoms with Gasteiger partial charge in [0.15, 0.2) is 5.82 Å². The van der Waals surface area contributed by atoms with Crippen LogP contribution in [0.15, 0.2) is 30.3 Å². The number of aromatic nitrogens is 3. The number of nitrogens with zero attached hydrogens (tertiary/aromatic N) is 2. The van der Waals surface area contributed by atoms with Crippen LogP contribution < -0.4 is 5.84 Å². The highest BCUT2D eigenvalue weighted by atomic mass is 32.2. The van der Waals surface area contributed by atoms with Crippen LogP contribution in [0.25, 0.3) is 0 Å². The second-order valence-corrected chi connectivity index (χ2v) is 4.67. The fourth-order valence-electron chi connectivity index (χ4n) is 1.27. The van der Waals surface area contributed by atoms with Crippen LogP contribution in [0.4, 0.5) is 0 Å². The minimum absolute atomic E-state index is 0.454. The second kappa shape index (κ2) is 5.18.